The summed E-state index contributed by atoms with van der Waals surface area (Å²) in [5, 5.41) is 2.70. The van der Waals surface area contributed by atoms with Gasteiger partial charge in [-0.2, -0.15) is 0 Å². The molecule has 0 aromatic heterocycles. The number of nitrogens with zero attached hydrogens (tertiary/aromatic N) is 1. The van der Waals surface area contributed by atoms with E-state index in [1.54, 1.807) is 6.92 Å². The van der Waals surface area contributed by atoms with Gasteiger partial charge in [0.05, 0.1) is 0 Å². The molecule has 7 heteroatoms. The molecule has 2 aliphatic rings. The Morgan fingerprint density at radius 3 is 2.61 bits per heavy atom. The van der Waals surface area contributed by atoms with E-state index in [-0.39, 0.29) is 25.0 Å². The Bertz CT molecular complexity index is 657. The molecule has 1 aromatic rings. The first-order chi connectivity index (χ1) is 10.9. The monoisotopic (exact) mass is 380 g/mol. The quantitative estimate of drug-likeness (QED) is 0.627. The molecular weight excluding hydrogens is 364 g/mol. The van der Waals surface area contributed by atoms with Gasteiger partial charge in [0.2, 0.25) is 0 Å². The highest BCUT2D eigenvalue weighted by molar-refractivity contribution is 9.10. The number of carbonyl (C=O) groups excluding carboxylic acids is 3. The van der Waals surface area contributed by atoms with E-state index in [1.165, 1.54) is 0 Å². The van der Waals surface area contributed by atoms with Gasteiger partial charge < -0.3 is 10.1 Å². The summed E-state index contributed by atoms with van der Waals surface area (Å²) in [6.07, 6.45) is 1.84. The minimum Gasteiger partial charge on any atom is -0.459 e. The molecular formula is C16H17BrN2O4. The molecule has 0 unspecified atom stereocenters. The second-order valence-electron chi connectivity index (χ2n) is 6.09. The van der Waals surface area contributed by atoms with Crippen LogP contribution in [0.2, 0.25) is 0 Å². The van der Waals surface area contributed by atoms with Crippen LogP contribution in [0.15, 0.2) is 28.7 Å². The molecule has 1 saturated heterocycles. The van der Waals surface area contributed by atoms with E-state index in [0.29, 0.717) is 0 Å². The van der Waals surface area contributed by atoms with Crippen molar-refractivity contribution < 1.29 is 19.1 Å². The van der Waals surface area contributed by atoms with Crippen LogP contribution >= 0.6 is 15.9 Å². The van der Waals surface area contributed by atoms with Crippen molar-refractivity contribution in [3.8, 4) is 0 Å². The Morgan fingerprint density at radius 1 is 1.35 bits per heavy atom. The van der Waals surface area contributed by atoms with E-state index in [4.69, 9.17) is 4.74 Å². The number of imide groups is 1. The number of amides is 3. The third-order valence-electron chi connectivity index (χ3n) is 4.30. The van der Waals surface area contributed by atoms with Gasteiger partial charge in [0.25, 0.3) is 5.91 Å². The first-order valence-corrected chi connectivity index (χ1v) is 8.23. The Balaban J connectivity index is 1.56. The van der Waals surface area contributed by atoms with Crippen LogP contribution in [0.1, 0.15) is 25.3 Å². The molecule has 0 spiro atoms. The summed E-state index contributed by atoms with van der Waals surface area (Å²) in [7, 11) is 0. The Morgan fingerprint density at radius 2 is 2.00 bits per heavy atom. The van der Waals surface area contributed by atoms with Gasteiger partial charge >= 0.3 is 12.0 Å². The summed E-state index contributed by atoms with van der Waals surface area (Å²) in [6.45, 7) is 1.47. The molecule has 0 bridgehead atoms. The van der Waals surface area contributed by atoms with Crippen LogP contribution in [-0.2, 0) is 20.9 Å². The number of hydrogen-bond donors (Lipinski definition) is 1. The molecule has 2 fully saturated rings. The van der Waals surface area contributed by atoms with Crippen molar-refractivity contribution in [1.29, 1.82) is 0 Å². The van der Waals surface area contributed by atoms with E-state index in [0.717, 1.165) is 27.8 Å². The zero-order valence-electron chi connectivity index (χ0n) is 12.7. The number of ether oxygens (including phenoxy) is 1. The zero-order chi connectivity index (χ0) is 16.6. The van der Waals surface area contributed by atoms with Crippen LogP contribution in [0.5, 0.6) is 0 Å². The number of urea groups is 1. The predicted molar refractivity (Wildman–Crippen MR) is 85.3 cm³/mol. The second kappa shape index (κ2) is 5.96. The average Bonchev–Trinajstić information content (AvgIpc) is 3.33. The van der Waals surface area contributed by atoms with Gasteiger partial charge in [0, 0.05) is 4.47 Å². The summed E-state index contributed by atoms with van der Waals surface area (Å²) < 4.78 is 6.08. The third kappa shape index (κ3) is 3.24. The number of rotatable bonds is 5. The van der Waals surface area contributed by atoms with Crippen molar-refractivity contribution in [2.24, 2.45) is 5.92 Å². The Kier molecular flexibility index (Phi) is 4.14. The molecule has 3 amide bonds. The highest BCUT2D eigenvalue weighted by Gasteiger charge is 2.56. The first-order valence-electron chi connectivity index (χ1n) is 7.44. The molecule has 1 aliphatic heterocycles. The lowest BCUT2D eigenvalue weighted by atomic mass is 9.96. The second-order valence-corrected chi connectivity index (χ2v) is 7.00. The summed E-state index contributed by atoms with van der Waals surface area (Å²) in [5.74, 6) is -0.773. The average molecular weight is 381 g/mol. The predicted octanol–water partition coefficient (Wildman–Crippen LogP) is 2.21. The van der Waals surface area contributed by atoms with Crippen molar-refractivity contribution in [1.82, 2.24) is 10.2 Å². The van der Waals surface area contributed by atoms with E-state index in [1.807, 2.05) is 24.3 Å². The normalized spacial score (nSPS) is 23.8. The fourth-order valence-electron chi connectivity index (χ4n) is 2.72. The Hall–Kier alpha value is -1.89. The molecule has 122 valence electrons. The lowest BCUT2D eigenvalue weighted by Crippen LogP contribution is -2.46. The summed E-state index contributed by atoms with van der Waals surface area (Å²) in [4.78, 5) is 37.2. The number of halogens is 1. The maximum absolute atomic E-state index is 12.4. The van der Waals surface area contributed by atoms with Gasteiger partial charge in [0.1, 0.15) is 18.7 Å². The van der Waals surface area contributed by atoms with Gasteiger partial charge in [-0.15, -0.1) is 0 Å². The van der Waals surface area contributed by atoms with Gasteiger partial charge in [0.15, 0.2) is 0 Å². The lowest BCUT2D eigenvalue weighted by molar-refractivity contribution is -0.148. The SMILES string of the molecule is C[C@]1(C2CC2)NC(=O)N(CC(=O)OCc2ccc(Br)cc2)C1=O. The molecule has 6 nitrogen and oxygen atoms in total. The van der Waals surface area contributed by atoms with E-state index in [9.17, 15) is 14.4 Å². The third-order valence-corrected chi connectivity index (χ3v) is 4.82. The standard InChI is InChI=1S/C16H17BrN2O4/c1-16(11-4-5-11)14(21)19(15(22)18-16)8-13(20)23-9-10-2-6-12(17)7-3-10/h2-3,6-7,11H,4-5,8-9H2,1H3,(H,18,22)/t16-/m1/s1. The van der Waals surface area contributed by atoms with Crippen LogP contribution in [0.4, 0.5) is 4.79 Å². The van der Waals surface area contributed by atoms with E-state index < -0.39 is 17.5 Å². The van der Waals surface area contributed by atoms with E-state index in [2.05, 4.69) is 21.2 Å². The summed E-state index contributed by atoms with van der Waals surface area (Å²) in [5.41, 5.74) is -0.0372. The van der Waals surface area contributed by atoms with Crippen LogP contribution in [0.3, 0.4) is 0 Å². The van der Waals surface area contributed by atoms with Crippen LogP contribution in [-0.4, -0.2) is 34.9 Å². The number of esters is 1. The largest absolute Gasteiger partial charge is 0.459 e. The van der Waals surface area contributed by atoms with Crippen LogP contribution in [0, 0.1) is 5.92 Å². The molecule has 1 atom stereocenters. The van der Waals surface area contributed by atoms with Crippen molar-refractivity contribution in [2.45, 2.75) is 31.9 Å². The lowest BCUT2D eigenvalue weighted by Gasteiger charge is -2.20. The number of carbonyl (C=O) groups is 3. The topological polar surface area (TPSA) is 75.7 Å². The van der Waals surface area contributed by atoms with Gasteiger partial charge in [-0.1, -0.05) is 28.1 Å². The molecule has 3 rings (SSSR count). The summed E-state index contributed by atoms with van der Waals surface area (Å²) in [6, 6.07) is 6.83. The van der Waals surface area contributed by atoms with Gasteiger partial charge in [-0.05, 0) is 43.4 Å². The highest BCUT2D eigenvalue weighted by atomic mass is 79.9. The number of benzene rings is 1. The molecule has 1 N–H and O–H groups in total. The minimum absolute atomic E-state index is 0.107. The number of hydrogen-bond acceptors (Lipinski definition) is 4. The molecule has 1 aromatic carbocycles. The zero-order valence-corrected chi connectivity index (χ0v) is 14.3. The van der Waals surface area contributed by atoms with E-state index >= 15 is 0 Å². The van der Waals surface area contributed by atoms with Crippen LogP contribution in [0.25, 0.3) is 0 Å². The molecule has 1 saturated carbocycles. The van der Waals surface area contributed by atoms with Crippen molar-refractivity contribution >= 4 is 33.8 Å². The van der Waals surface area contributed by atoms with Gasteiger partial charge in [-0.25, -0.2) is 4.79 Å². The maximum atomic E-state index is 12.4. The first kappa shape index (κ1) is 16.0. The van der Waals surface area contributed by atoms with Crippen molar-refractivity contribution in [3.63, 3.8) is 0 Å². The smallest absolute Gasteiger partial charge is 0.326 e. The molecule has 0 radical (unpaired) electrons. The van der Waals surface area contributed by atoms with Crippen molar-refractivity contribution in [2.75, 3.05) is 6.54 Å². The van der Waals surface area contributed by atoms with Crippen LogP contribution < -0.4 is 5.32 Å². The van der Waals surface area contributed by atoms with Gasteiger partial charge in [-0.3, -0.25) is 14.5 Å². The fraction of sp³-hybridized carbons (Fsp3) is 0.438. The molecule has 1 aliphatic carbocycles. The Labute approximate surface area is 142 Å². The molecule has 1 heterocycles. The summed E-state index contributed by atoms with van der Waals surface area (Å²) >= 11 is 3.33. The molecule has 23 heavy (non-hydrogen) atoms. The maximum Gasteiger partial charge on any atom is 0.326 e. The number of nitrogens with one attached hydrogen (secondary N) is 1. The van der Waals surface area contributed by atoms with Crippen molar-refractivity contribution in [3.05, 3.63) is 34.3 Å². The highest BCUT2D eigenvalue weighted by Crippen LogP contribution is 2.42. The fourth-order valence-corrected chi connectivity index (χ4v) is 2.98. The minimum atomic E-state index is -0.872.